The molecule has 1 aromatic rings. The third-order valence-electron chi connectivity index (χ3n) is 3.15. The molecule has 5 heteroatoms. The first kappa shape index (κ1) is 12.5. The van der Waals surface area contributed by atoms with Gasteiger partial charge in [-0.25, -0.2) is 0 Å². The minimum absolute atomic E-state index is 0.0309. The molecule has 0 radical (unpaired) electrons. The maximum atomic E-state index is 11.8. The maximum Gasteiger partial charge on any atom is 0.225 e. The monoisotopic (exact) mass is 247 g/mol. The molecule has 1 atom stereocenters. The molecule has 1 N–H and O–H groups in total. The number of hydrogen-bond acceptors (Lipinski definition) is 3. The second-order valence-corrected chi connectivity index (χ2v) is 4.58. The third-order valence-corrected chi connectivity index (χ3v) is 3.15. The lowest BCUT2D eigenvalue weighted by molar-refractivity contribution is -0.128. The highest BCUT2D eigenvalue weighted by molar-refractivity contribution is 5.89. The van der Waals surface area contributed by atoms with Gasteiger partial charge in [-0.1, -0.05) is 6.07 Å². The van der Waals surface area contributed by atoms with E-state index in [0.29, 0.717) is 19.5 Å². The zero-order chi connectivity index (χ0) is 13.0. The Morgan fingerprint density at radius 3 is 3.06 bits per heavy atom. The van der Waals surface area contributed by atoms with Crippen molar-refractivity contribution in [1.29, 1.82) is 0 Å². The molecule has 0 unspecified atom stereocenters. The van der Waals surface area contributed by atoms with E-state index in [1.54, 1.807) is 24.3 Å². The SMILES string of the molecule is CN1C[C@@H](C(=O)NCCc2cccnc2)CC1=O. The number of carbonyl (C=O) groups is 2. The Hall–Kier alpha value is -1.91. The van der Waals surface area contributed by atoms with Crippen molar-refractivity contribution in [3.8, 4) is 0 Å². The van der Waals surface area contributed by atoms with Crippen molar-refractivity contribution in [2.75, 3.05) is 20.1 Å². The van der Waals surface area contributed by atoms with Crippen LogP contribution >= 0.6 is 0 Å². The molecule has 2 amide bonds. The molecule has 0 bridgehead atoms. The van der Waals surface area contributed by atoms with Crippen molar-refractivity contribution in [3.63, 3.8) is 0 Å². The molecule has 2 heterocycles. The topological polar surface area (TPSA) is 62.3 Å². The van der Waals surface area contributed by atoms with Gasteiger partial charge in [0.1, 0.15) is 0 Å². The van der Waals surface area contributed by atoms with Crippen LogP contribution in [-0.2, 0) is 16.0 Å². The fourth-order valence-corrected chi connectivity index (χ4v) is 2.06. The van der Waals surface area contributed by atoms with Crippen LogP contribution in [0.25, 0.3) is 0 Å². The number of hydrogen-bond donors (Lipinski definition) is 1. The number of amides is 2. The summed E-state index contributed by atoms with van der Waals surface area (Å²) in [5.41, 5.74) is 1.09. The van der Waals surface area contributed by atoms with Crippen molar-refractivity contribution in [3.05, 3.63) is 30.1 Å². The largest absolute Gasteiger partial charge is 0.355 e. The number of nitrogens with one attached hydrogen (secondary N) is 1. The van der Waals surface area contributed by atoms with Gasteiger partial charge in [0, 0.05) is 39.0 Å². The van der Waals surface area contributed by atoms with Gasteiger partial charge in [-0.2, -0.15) is 0 Å². The van der Waals surface area contributed by atoms with Crippen LogP contribution in [0, 0.1) is 5.92 Å². The normalized spacial score (nSPS) is 19.1. The van der Waals surface area contributed by atoms with E-state index in [9.17, 15) is 9.59 Å². The number of carbonyl (C=O) groups excluding carboxylic acids is 2. The van der Waals surface area contributed by atoms with E-state index < -0.39 is 0 Å². The molecule has 1 aliphatic rings. The Balaban J connectivity index is 1.74. The molecule has 0 spiro atoms. The average molecular weight is 247 g/mol. The molecule has 1 fully saturated rings. The molecule has 1 saturated heterocycles. The van der Waals surface area contributed by atoms with Crippen molar-refractivity contribution in [2.24, 2.45) is 5.92 Å². The van der Waals surface area contributed by atoms with Crippen LogP contribution in [0.15, 0.2) is 24.5 Å². The van der Waals surface area contributed by atoms with Crippen LogP contribution < -0.4 is 5.32 Å². The summed E-state index contributed by atoms with van der Waals surface area (Å²) in [7, 11) is 1.73. The van der Waals surface area contributed by atoms with Crippen molar-refractivity contribution >= 4 is 11.8 Å². The maximum absolute atomic E-state index is 11.8. The first-order chi connectivity index (χ1) is 8.66. The van der Waals surface area contributed by atoms with Gasteiger partial charge in [0.15, 0.2) is 0 Å². The molecule has 5 nitrogen and oxygen atoms in total. The van der Waals surface area contributed by atoms with Gasteiger partial charge in [0.2, 0.25) is 11.8 Å². The zero-order valence-electron chi connectivity index (χ0n) is 10.4. The van der Waals surface area contributed by atoms with Crippen LogP contribution in [-0.4, -0.2) is 41.8 Å². The lowest BCUT2D eigenvalue weighted by atomic mass is 10.1. The van der Waals surface area contributed by atoms with E-state index in [4.69, 9.17) is 0 Å². The quantitative estimate of drug-likeness (QED) is 0.828. The second kappa shape index (κ2) is 5.62. The Morgan fingerprint density at radius 1 is 1.61 bits per heavy atom. The minimum atomic E-state index is -0.198. The fourth-order valence-electron chi connectivity index (χ4n) is 2.06. The first-order valence-corrected chi connectivity index (χ1v) is 6.07. The Labute approximate surface area is 106 Å². The molecule has 1 aromatic heterocycles. The van der Waals surface area contributed by atoms with E-state index in [1.807, 2.05) is 12.1 Å². The van der Waals surface area contributed by atoms with Gasteiger partial charge in [0.05, 0.1) is 5.92 Å². The van der Waals surface area contributed by atoms with Crippen molar-refractivity contribution in [1.82, 2.24) is 15.2 Å². The standard InChI is InChI=1S/C13H17N3O2/c1-16-9-11(7-12(16)17)13(18)15-6-4-10-3-2-5-14-8-10/h2-3,5,8,11H,4,6-7,9H2,1H3,(H,15,18)/t11-/m0/s1. The first-order valence-electron chi connectivity index (χ1n) is 6.07. The van der Waals surface area contributed by atoms with E-state index >= 15 is 0 Å². The molecular weight excluding hydrogens is 230 g/mol. The van der Waals surface area contributed by atoms with Crippen LogP contribution in [0.4, 0.5) is 0 Å². The molecule has 96 valence electrons. The number of likely N-dealkylation sites (tertiary alicyclic amines) is 1. The van der Waals surface area contributed by atoms with Gasteiger partial charge in [-0.3, -0.25) is 14.6 Å². The smallest absolute Gasteiger partial charge is 0.225 e. The molecule has 0 aromatic carbocycles. The van der Waals surface area contributed by atoms with Gasteiger partial charge in [0.25, 0.3) is 0 Å². The second-order valence-electron chi connectivity index (χ2n) is 4.58. The fraction of sp³-hybridized carbons (Fsp3) is 0.462. The Kier molecular flexibility index (Phi) is 3.92. The molecule has 1 aliphatic heterocycles. The summed E-state index contributed by atoms with van der Waals surface area (Å²) in [6.45, 7) is 1.11. The number of pyridine rings is 1. The van der Waals surface area contributed by atoms with Crippen LogP contribution in [0.1, 0.15) is 12.0 Å². The number of rotatable bonds is 4. The minimum Gasteiger partial charge on any atom is -0.355 e. The summed E-state index contributed by atoms with van der Waals surface area (Å²) in [5, 5.41) is 2.87. The van der Waals surface area contributed by atoms with Crippen LogP contribution in [0.3, 0.4) is 0 Å². The molecule has 2 rings (SSSR count). The van der Waals surface area contributed by atoms with E-state index in [1.165, 1.54) is 0 Å². The molecular formula is C13H17N3O2. The number of nitrogens with zero attached hydrogens (tertiary/aromatic N) is 2. The summed E-state index contributed by atoms with van der Waals surface area (Å²) in [4.78, 5) is 28.8. The predicted molar refractivity (Wildman–Crippen MR) is 66.7 cm³/mol. The summed E-state index contributed by atoms with van der Waals surface area (Å²) in [6.07, 6.45) is 4.60. The average Bonchev–Trinajstić information content (AvgIpc) is 2.71. The highest BCUT2D eigenvalue weighted by atomic mass is 16.2. The highest BCUT2D eigenvalue weighted by Gasteiger charge is 2.31. The third kappa shape index (κ3) is 3.06. The van der Waals surface area contributed by atoms with Gasteiger partial charge in [-0.05, 0) is 18.1 Å². The van der Waals surface area contributed by atoms with E-state index in [-0.39, 0.29) is 17.7 Å². The van der Waals surface area contributed by atoms with Crippen LogP contribution in [0.5, 0.6) is 0 Å². The molecule has 18 heavy (non-hydrogen) atoms. The summed E-state index contributed by atoms with van der Waals surface area (Å²) in [5.74, 6) is -0.185. The highest BCUT2D eigenvalue weighted by Crippen LogP contribution is 2.15. The summed E-state index contributed by atoms with van der Waals surface area (Å²) >= 11 is 0. The van der Waals surface area contributed by atoms with Crippen LogP contribution in [0.2, 0.25) is 0 Å². The van der Waals surface area contributed by atoms with Gasteiger partial charge < -0.3 is 10.2 Å². The summed E-state index contributed by atoms with van der Waals surface area (Å²) < 4.78 is 0. The Bertz CT molecular complexity index is 433. The van der Waals surface area contributed by atoms with E-state index in [0.717, 1.165) is 12.0 Å². The zero-order valence-corrected chi connectivity index (χ0v) is 10.4. The van der Waals surface area contributed by atoms with Gasteiger partial charge >= 0.3 is 0 Å². The predicted octanol–water partition coefficient (Wildman–Crippen LogP) is 0.219. The molecule has 0 aliphatic carbocycles. The van der Waals surface area contributed by atoms with Crippen molar-refractivity contribution < 1.29 is 9.59 Å². The number of aromatic nitrogens is 1. The lowest BCUT2D eigenvalue weighted by Gasteiger charge is -2.10. The lowest BCUT2D eigenvalue weighted by Crippen LogP contribution is -2.33. The van der Waals surface area contributed by atoms with Crippen molar-refractivity contribution in [2.45, 2.75) is 12.8 Å². The van der Waals surface area contributed by atoms with Gasteiger partial charge in [-0.15, -0.1) is 0 Å². The summed E-state index contributed by atoms with van der Waals surface area (Å²) in [6, 6.07) is 3.85. The Morgan fingerprint density at radius 2 is 2.44 bits per heavy atom. The molecule has 0 saturated carbocycles. The van der Waals surface area contributed by atoms with E-state index in [2.05, 4.69) is 10.3 Å².